The highest BCUT2D eigenvalue weighted by atomic mass is 32.1. The van der Waals surface area contributed by atoms with Crippen molar-refractivity contribution in [3.8, 4) is 0 Å². The number of hydrogen-bond donors (Lipinski definition) is 2. The first kappa shape index (κ1) is 12.2. The number of carbonyl (C=O) groups excluding carboxylic acids is 1. The summed E-state index contributed by atoms with van der Waals surface area (Å²) in [6, 6.07) is 11.2. The molecule has 0 aliphatic carbocycles. The Morgan fingerprint density at radius 2 is 2.16 bits per heavy atom. The van der Waals surface area contributed by atoms with Gasteiger partial charge in [-0.05, 0) is 30.3 Å². The molecule has 1 amide bonds. The van der Waals surface area contributed by atoms with Crippen LogP contribution in [0.2, 0.25) is 0 Å². The lowest BCUT2D eigenvalue weighted by molar-refractivity contribution is 0.103. The van der Waals surface area contributed by atoms with Gasteiger partial charge in [0.1, 0.15) is 0 Å². The number of rotatable bonds is 2. The molecule has 3 aromatic rings. The molecule has 2 aromatic heterocycles. The van der Waals surface area contributed by atoms with Crippen molar-refractivity contribution >= 4 is 46.5 Å². The third-order valence-electron chi connectivity index (χ3n) is 2.70. The molecule has 0 radical (unpaired) electrons. The minimum atomic E-state index is -0.123. The highest BCUT2D eigenvalue weighted by Crippen LogP contribution is 2.23. The van der Waals surface area contributed by atoms with Crippen LogP contribution in [0.5, 0.6) is 0 Å². The van der Waals surface area contributed by atoms with Gasteiger partial charge in [-0.3, -0.25) is 9.78 Å². The summed E-state index contributed by atoms with van der Waals surface area (Å²) in [4.78, 5) is 17.8. The van der Waals surface area contributed by atoms with E-state index in [0.29, 0.717) is 4.88 Å². The van der Waals surface area contributed by atoms with Crippen LogP contribution in [0.4, 0.5) is 5.69 Å². The Balaban J connectivity index is 1.95. The van der Waals surface area contributed by atoms with E-state index in [1.807, 2.05) is 35.7 Å². The second-order valence-electron chi connectivity index (χ2n) is 4.00. The first-order valence-corrected chi connectivity index (χ1v) is 6.99. The van der Waals surface area contributed by atoms with Crippen LogP contribution in [0, 0.1) is 0 Å². The Morgan fingerprint density at radius 1 is 1.26 bits per heavy atom. The van der Waals surface area contributed by atoms with Crippen molar-refractivity contribution in [3.63, 3.8) is 0 Å². The molecule has 0 unspecified atom stereocenters. The van der Waals surface area contributed by atoms with Gasteiger partial charge in [0.2, 0.25) is 0 Å². The van der Waals surface area contributed by atoms with Gasteiger partial charge in [0.15, 0.2) is 0 Å². The molecular formula is C14H10N2OS2. The van der Waals surface area contributed by atoms with E-state index in [0.717, 1.165) is 21.5 Å². The number of thiol groups is 1. The van der Waals surface area contributed by atoms with E-state index in [4.69, 9.17) is 0 Å². The Bertz CT molecular complexity index is 747. The Hall–Kier alpha value is -1.85. The third kappa shape index (κ3) is 2.47. The summed E-state index contributed by atoms with van der Waals surface area (Å²) < 4.78 is 0. The van der Waals surface area contributed by atoms with Gasteiger partial charge >= 0.3 is 0 Å². The van der Waals surface area contributed by atoms with Gasteiger partial charge in [0, 0.05) is 21.9 Å². The first-order valence-electron chi connectivity index (χ1n) is 5.66. The average molecular weight is 286 g/mol. The zero-order valence-electron chi connectivity index (χ0n) is 9.83. The lowest BCUT2D eigenvalue weighted by Crippen LogP contribution is -2.10. The number of fused-ring (bicyclic) bond motifs is 1. The number of carbonyl (C=O) groups is 1. The van der Waals surface area contributed by atoms with Crippen molar-refractivity contribution in [2.75, 3.05) is 5.32 Å². The third-order valence-corrected chi connectivity index (χ3v) is 4.07. The van der Waals surface area contributed by atoms with E-state index in [1.165, 1.54) is 11.3 Å². The summed E-state index contributed by atoms with van der Waals surface area (Å²) in [6.45, 7) is 0. The van der Waals surface area contributed by atoms with Crippen LogP contribution in [-0.2, 0) is 0 Å². The average Bonchev–Trinajstić information content (AvgIpc) is 2.86. The fourth-order valence-corrected chi connectivity index (χ4v) is 2.88. The molecule has 94 valence electrons. The van der Waals surface area contributed by atoms with Crippen molar-refractivity contribution in [3.05, 3.63) is 52.9 Å². The maximum Gasteiger partial charge on any atom is 0.265 e. The molecule has 0 saturated heterocycles. The maximum atomic E-state index is 12.1. The number of aromatic nitrogens is 1. The molecular weight excluding hydrogens is 276 g/mol. The summed E-state index contributed by atoms with van der Waals surface area (Å²) in [5.41, 5.74) is 1.63. The Morgan fingerprint density at radius 3 is 2.95 bits per heavy atom. The molecule has 0 spiro atoms. The summed E-state index contributed by atoms with van der Waals surface area (Å²) in [5, 5.41) is 5.68. The molecule has 1 N–H and O–H groups in total. The van der Waals surface area contributed by atoms with E-state index in [2.05, 4.69) is 22.9 Å². The van der Waals surface area contributed by atoms with E-state index in [9.17, 15) is 4.79 Å². The van der Waals surface area contributed by atoms with Crippen LogP contribution in [0.15, 0.2) is 52.9 Å². The van der Waals surface area contributed by atoms with Gasteiger partial charge in [-0.15, -0.1) is 24.0 Å². The van der Waals surface area contributed by atoms with Crippen molar-refractivity contribution in [1.82, 2.24) is 4.98 Å². The fraction of sp³-hybridized carbons (Fsp3) is 0. The lowest BCUT2D eigenvalue weighted by Gasteiger charge is -2.06. The van der Waals surface area contributed by atoms with E-state index < -0.39 is 0 Å². The van der Waals surface area contributed by atoms with E-state index in [1.54, 1.807) is 12.3 Å². The molecule has 0 fully saturated rings. The molecule has 3 nitrogen and oxygen atoms in total. The normalized spacial score (nSPS) is 10.6. The number of benzene rings is 1. The van der Waals surface area contributed by atoms with Crippen molar-refractivity contribution in [2.24, 2.45) is 0 Å². The smallest absolute Gasteiger partial charge is 0.265 e. The second-order valence-corrected chi connectivity index (χ2v) is 5.43. The second kappa shape index (κ2) is 5.03. The minimum absolute atomic E-state index is 0.123. The van der Waals surface area contributed by atoms with Crippen LogP contribution in [0.1, 0.15) is 9.67 Å². The molecule has 0 bridgehead atoms. The zero-order chi connectivity index (χ0) is 13.2. The van der Waals surface area contributed by atoms with E-state index >= 15 is 0 Å². The summed E-state index contributed by atoms with van der Waals surface area (Å²) in [6.07, 6.45) is 1.74. The van der Waals surface area contributed by atoms with Crippen molar-refractivity contribution in [1.29, 1.82) is 0 Å². The van der Waals surface area contributed by atoms with Crippen LogP contribution < -0.4 is 5.32 Å². The van der Waals surface area contributed by atoms with Gasteiger partial charge in [0.05, 0.1) is 16.1 Å². The fourth-order valence-electron chi connectivity index (χ4n) is 1.84. The van der Waals surface area contributed by atoms with Gasteiger partial charge < -0.3 is 5.32 Å². The predicted octanol–water partition coefficient (Wildman–Crippen LogP) is 3.84. The summed E-state index contributed by atoms with van der Waals surface area (Å²) >= 11 is 5.58. The monoisotopic (exact) mass is 286 g/mol. The van der Waals surface area contributed by atoms with E-state index in [-0.39, 0.29) is 5.91 Å². The standard InChI is InChI=1S/C14H10N2OS2/c17-14(13-7-9(18)8-19-13)16-12-5-1-4-11-10(12)3-2-6-15-11/h1-8,18H,(H,16,17). The van der Waals surface area contributed by atoms with Gasteiger partial charge in [-0.1, -0.05) is 6.07 Å². The number of nitrogens with zero attached hydrogens (tertiary/aromatic N) is 1. The molecule has 1 aromatic carbocycles. The SMILES string of the molecule is O=C(Nc1cccc2ncccc12)c1cc(S)cs1. The number of nitrogens with one attached hydrogen (secondary N) is 1. The number of anilines is 1. The quantitative estimate of drug-likeness (QED) is 0.703. The topological polar surface area (TPSA) is 42.0 Å². The Labute approximate surface area is 119 Å². The molecule has 5 heteroatoms. The maximum absolute atomic E-state index is 12.1. The van der Waals surface area contributed by atoms with Crippen LogP contribution in [-0.4, -0.2) is 10.9 Å². The molecule has 19 heavy (non-hydrogen) atoms. The molecule has 2 heterocycles. The summed E-state index contributed by atoms with van der Waals surface area (Å²) in [7, 11) is 0. The van der Waals surface area contributed by atoms with Gasteiger partial charge in [-0.25, -0.2) is 0 Å². The molecule has 0 atom stereocenters. The largest absolute Gasteiger partial charge is 0.321 e. The number of pyridine rings is 1. The zero-order valence-corrected chi connectivity index (χ0v) is 11.5. The minimum Gasteiger partial charge on any atom is -0.321 e. The summed E-state index contributed by atoms with van der Waals surface area (Å²) in [5.74, 6) is -0.123. The number of hydrogen-bond acceptors (Lipinski definition) is 4. The van der Waals surface area contributed by atoms with Gasteiger partial charge in [-0.2, -0.15) is 0 Å². The number of amides is 1. The van der Waals surface area contributed by atoms with Crippen LogP contribution in [0.3, 0.4) is 0 Å². The molecule has 0 aliphatic heterocycles. The lowest BCUT2D eigenvalue weighted by atomic mass is 10.2. The van der Waals surface area contributed by atoms with Crippen LogP contribution >= 0.6 is 24.0 Å². The molecule has 0 aliphatic rings. The highest BCUT2D eigenvalue weighted by Gasteiger charge is 2.10. The van der Waals surface area contributed by atoms with Gasteiger partial charge in [0.25, 0.3) is 5.91 Å². The molecule has 0 saturated carbocycles. The number of thiophene rings is 1. The highest BCUT2D eigenvalue weighted by molar-refractivity contribution is 7.80. The first-order chi connectivity index (χ1) is 9.24. The van der Waals surface area contributed by atoms with Crippen molar-refractivity contribution < 1.29 is 4.79 Å². The predicted molar refractivity (Wildman–Crippen MR) is 81.3 cm³/mol. The van der Waals surface area contributed by atoms with Crippen LogP contribution in [0.25, 0.3) is 10.9 Å². The Kier molecular flexibility index (Phi) is 3.23. The van der Waals surface area contributed by atoms with Crippen molar-refractivity contribution in [2.45, 2.75) is 4.90 Å². The molecule has 3 rings (SSSR count).